The molecule has 24 heavy (non-hydrogen) atoms. The quantitative estimate of drug-likeness (QED) is 0.868. The van der Waals surface area contributed by atoms with Gasteiger partial charge in [0.1, 0.15) is 5.69 Å². The number of aromatic amines is 1. The topological polar surface area (TPSA) is 74.4 Å². The summed E-state index contributed by atoms with van der Waals surface area (Å²) in [6.07, 6.45) is 0.245. The number of hydrogen-bond donors (Lipinski definition) is 2. The van der Waals surface area contributed by atoms with Gasteiger partial charge in [0.2, 0.25) is 5.91 Å². The fraction of sp³-hybridized carbons (Fsp3) is 0.375. The maximum atomic E-state index is 12.3. The van der Waals surface area contributed by atoms with E-state index >= 15 is 0 Å². The maximum absolute atomic E-state index is 12.3. The van der Waals surface area contributed by atoms with Crippen LogP contribution >= 0.6 is 23.2 Å². The van der Waals surface area contributed by atoms with Crippen LogP contribution in [0.4, 0.5) is 0 Å². The molecule has 0 bridgehead atoms. The second-order valence-electron chi connectivity index (χ2n) is 5.50. The van der Waals surface area contributed by atoms with Crippen LogP contribution in [0.2, 0.25) is 10.0 Å². The van der Waals surface area contributed by atoms with E-state index in [1.165, 1.54) is 0 Å². The number of rotatable bonds is 4. The van der Waals surface area contributed by atoms with Crippen LogP contribution in [0.1, 0.15) is 16.9 Å². The molecule has 8 heteroatoms. The molecule has 1 aliphatic heterocycles. The first kappa shape index (κ1) is 17.1. The lowest BCUT2D eigenvalue weighted by Gasteiger charge is -2.26. The van der Waals surface area contributed by atoms with Gasteiger partial charge in [-0.3, -0.25) is 9.59 Å². The van der Waals surface area contributed by atoms with Crippen LogP contribution in [0.25, 0.3) is 10.9 Å². The summed E-state index contributed by atoms with van der Waals surface area (Å²) in [5, 5.41) is 4.28. The zero-order valence-electron chi connectivity index (χ0n) is 12.9. The summed E-state index contributed by atoms with van der Waals surface area (Å²) in [6, 6.07) is 5.19. The summed E-state index contributed by atoms with van der Waals surface area (Å²) >= 11 is 12.2. The van der Waals surface area contributed by atoms with Crippen molar-refractivity contribution in [2.75, 3.05) is 32.8 Å². The van der Waals surface area contributed by atoms with E-state index in [-0.39, 0.29) is 30.5 Å². The Balaban J connectivity index is 1.59. The van der Waals surface area contributed by atoms with Gasteiger partial charge in [0.25, 0.3) is 5.91 Å². The van der Waals surface area contributed by atoms with Crippen molar-refractivity contribution in [2.24, 2.45) is 0 Å². The number of H-pyrrole nitrogens is 1. The van der Waals surface area contributed by atoms with Gasteiger partial charge in [-0.05, 0) is 18.2 Å². The van der Waals surface area contributed by atoms with E-state index in [9.17, 15) is 9.59 Å². The minimum atomic E-state index is -0.345. The second kappa shape index (κ2) is 7.42. The van der Waals surface area contributed by atoms with E-state index in [0.717, 1.165) is 5.52 Å². The number of benzene rings is 1. The average molecular weight is 370 g/mol. The molecule has 0 unspecified atom stereocenters. The first-order valence-electron chi connectivity index (χ1n) is 7.66. The van der Waals surface area contributed by atoms with Crippen LogP contribution in [0.3, 0.4) is 0 Å². The molecule has 1 aromatic carbocycles. The highest BCUT2D eigenvalue weighted by Crippen LogP contribution is 2.29. The number of carbonyl (C=O) groups excluding carboxylic acids is 2. The number of nitrogens with one attached hydrogen (secondary N) is 2. The SMILES string of the molecule is O=C(NCCC(=O)N1CCOCC1)c1[nH]c2ccc(Cl)cc2c1Cl. The van der Waals surface area contributed by atoms with Gasteiger partial charge in [0, 0.05) is 42.0 Å². The Morgan fingerprint density at radius 2 is 2.00 bits per heavy atom. The molecule has 0 atom stereocenters. The van der Waals surface area contributed by atoms with Gasteiger partial charge in [-0.15, -0.1) is 0 Å². The molecular formula is C16H17Cl2N3O3. The van der Waals surface area contributed by atoms with Crippen molar-refractivity contribution in [1.29, 1.82) is 0 Å². The Bertz CT molecular complexity index is 769. The van der Waals surface area contributed by atoms with Crippen LogP contribution in [0, 0.1) is 0 Å². The van der Waals surface area contributed by atoms with E-state index in [4.69, 9.17) is 27.9 Å². The predicted molar refractivity (Wildman–Crippen MR) is 92.7 cm³/mol. The number of carbonyl (C=O) groups is 2. The number of nitrogens with zero attached hydrogens (tertiary/aromatic N) is 1. The van der Waals surface area contributed by atoms with Crippen LogP contribution in [-0.4, -0.2) is 54.5 Å². The van der Waals surface area contributed by atoms with Gasteiger partial charge >= 0.3 is 0 Å². The highest BCUT2D eigenvalue weighted by atomic mass is 35.5. The maximum Gasteiger partial charge on any atom is 0.269 e. The zero-order chi connectivity index (χ0) is 17.1. The Hall–Kier alpha value is -1.76. The van der Waals surface area contributed by atoms with E-state index in [1.54, 1.807) is 23.1 Å². The van der Waals surface area contributed by atoms with Crippen molar-refractivity contribution >= 4 is 45.9 Å². The number of aromatic nitrogens is 1. The number of hydrogen-bond acceptors (Lipinski definition) is 3. The van der Waals surface area contributed by atoms with Crippen molar-refractivity contribution in [2.45, 2.75) is 6.42 Å². The van der Waals surface area contributed by atoms with Crippen molar-refractivity contribution in [3.8, 4) is 0 Å². The Morgan fingerprint density at radius 1 is 1.25 bits per heavy atom. The number of ether oxygens (including phenoxy) is 1. The summed E-state index contributed by atoms with van der Waals surface area (Å²) < 4.78 is 5.21. The smallest absolute Gasteiger partial charge is 0.269 e. The molecule has 2 aromatic rings. The molecule has 2 N–H and O–H groups in total. The lowest BCUT2D eigenvalue weighted by Crippen LogP contribution is -2.42. The third-order valence-corrected chi connectivity index (χ3v) is 4.54. The van der Waals surface area contributed by atoms with Crippen molar-refractivity contribution in [3.63, 3.8) is 0 Å². The lowest BCUT2D eigenvalue weighted by atomic mass is 10.2. The Labute approximate surface area is 149 Å². The number of morpholine rings is 1. The number of halogens is 2. The minimum Gasteiger partial charge on any atom is -0.378 e. The molecule has 0 aliphatic carbocycles. The van der Waals surface area contributed by atoms with Gasteiger partial charge in [0.05, 0.1) is 18.2 Å². The first-order chi connectivity index (χ1) is 11.6. The van der Waals surface area contributed by atoms with Crippen LogP contribution in [0.5, 0.6) is 0 Å². The Kier molecular flexibility index (Phi) is 5.28. The molecule has 0 radical (unpaired) electrons. The molecule has 128 valence electrons. The first-order valence-corrected chi connectivity index (χ1v) is 8.42. The average Bonchev–Trinajstić information content (AvgIpc) is 2.92. The molecule has 1 aliphatic rings. The molecule has 2 heterocycles. The Morgan fingerprint density at radius 3 is 2.75 bits per heavy atom. The number of fused-ring (bicyclic) bond motifs is 1. The molecule has 1 saturated heterocycles. The summed E-state index contributed by atoms with van der Waals surface area (Å²) in [5.74, 6) is -0.338. The highest BCUT2D eigenvalue weighted by molar-refractivity contribution is 6.39. The third-order valence-electron chi connectivity index (χ3n) is 3.91. The third kappa shape index (κ3) is 3.66. The molecule has 6 nitrogen and oxygen atoms in total. The standard InChI is InChI=1S/C16H17Cl2N3O3/c17-10-1-2-12-11(9-10)14(18)15(20-12)16(23)19-4-3-13(22)21-5-7-24-8-6-21/h1-2,9,20H,3-8H2,(H,19,23). The predicted octanol–water partition coefficient (Wildman–Crippen LogP) is 2.45. The van der Waals surface area contributed by atoms with Gasteiger partial charge < -0.3 is 19.9 Å². The molecule has 2 amide bonds. The summed E-state index contributed by atoms with van der Waals surface area (Å²) in [6.45, 7) is 2.57. The van der Waals surface area contributed by atoms with Gasteiger partial charge in [-0.2, -0.15) is 0 Å². The summed E-state index contributed by atoms with van der Waals surface area (Å²) in [5.41, 5.74) is 1.01. The van der Waals surface area contributed by atoms with E-state index in [1.807, 2.05) is 0 Å². The molecular weight excluding hydrogens is 353 g/mol. The van der Waals surface area contributed by atoms with Crippen molar-refractivity contribution < 1.29 is 14.3 Å². The summed E-state index contributed by atoms with van der Waals surface area (Å²) in [7, 11) is 0. The molecule has 0 saturated carbocycles. The molecule has 1 fully saturated rings. The molecule has 0 spiro atoms. The normalized spacial score (nSPS) is 14.8. The highest BCUT2D eigenvalue weighted by Gasteiger charge is 2.19. The number of amides is 2. The van der Waals surface area contributed by atoms with Crippen LogP contribution in [-0.2, 0) is 9.53 Å². The molecule has 1 aromatic heterocycles. The van der Waals surface area contributed by atoms with Crippen molar-refractivity contribution in [3.05, 3.63) is 33.9 Å². The largest absolute Gasteiger partial charge is 0.378 e. The van der Waals surface area contributed by atoms with E-state index in [2.05, 4.69) is 10.3 Å². The van der Waals surface area contributed by atoms with Crippen molar-refractivity contribution in [1.82, 2.24) is 15.2 Å². The van der Waals surface area contributed by atoms with E-state index < -0.39 is 0 Å². The van der Waals surface area contributed by atoms with Gasteiger partial charge in [-0.1, -0.05) is 23.2 Å². The van der Waals surface area contributed by atoms with Gasteiger partial charge in [0.15, 0.2) is 0 Å². The fourth-order valence-electron chi connectivity index (χ4n) is 2.63. The summed E-state index contributed by atoms with van der Waals surface area (Å²) in [4.78, 5) is 29.0. The van der Waals surface area contributed by atoms with E-state index in [0.29, 0.717) is 41.7 Å². The van der Waals surface area contributed by atoms with Crippen LogP contribution < -0.4 is 5.32 Å². The lowest BCUT2D eigenvalue weighted by molar-refractivity contribution is -0.135. The monoisotopic (exact) mass is 369 g/mol. The second-order valence-corrected chi connectivity index (χ2v) is 6.32. The van der Waals surface area contributed by atoms with Gasteiger partial charge in [-0.25, -0.2) is 0 Å². The molecule has 3 rings (SSSR count). The van der Waals surface area contributed by atoms with Crippen LogP contribution in [0.15, 0.2) is 18.2 Å². The minimum absolute atomic E-state index is 0.00752. The zero-order valence-corrected chi connectivity index (χ0v) is 14.4. The fourth-order valence-corrected chi connectivity index (χ4v) is 3.09.